The van der Waals surface area contributed by atoms with Crippen LogP contribution in [-0.4, -0.2) is 60.5 Å². The van der Waals surface area contributed by atoms with E-state index in [0.717, 1.165) is 70.6 Å². The molecule has 10 nitrogen and oxygen atoms in total. The van der Waals surface area contributed by atoms with Crippen LogP contribution in [0.4, 0.5) is 0 Å². The maximum Gasteiger partial charge on any atom is 0.472 e. The minimum absolute atomic E-state index is 0.00498. The molecule has 0 aromatic heterocycles. The largest absolute Gasteiger partial charge is 0.480 e. The topological polar surface area (TPSA) is 155 Å². The first-order valence-corrected chi connectivity index (χ1v) is 28.1. The molecule has 0 amide bonds. The molecule has 0 heterocycles. The van der Waals surface area contributed by atoms with Crippen molar-refractivity contribution in [1.82, 2.24) is 0 Å². The molecule has 0 fully saturated rings. The first-order chi connectivity index (χ1) is 32.7. The average Bonchev–Trinajstić information content (AvgIpc) is 3.31. The van der Waals surface area contributed by atoms with Gasteiger partial charge in [-0.1, -0.05) is 208 Å². The smallest absolute Gasteiger partial charge is 0.472 e. The van der Waals surface area contributed by atoms with Crippen molar-refractivity contribution in [3.8, 4) is 0 Å². The van der Waals surface area contributed by atoms with E-state index in [9.17, 15) is 19.0 Å². The number of esters is 1. The van der Waals surface area contributed by atoms with Crippen LogP contribution in [0.1, 0.15) is 219 Å². The molecule has 0 aliphatic heterocycles. The highest BCUT2D eigenvalue weighted by molar-refractivity contribution is 7.47. The first-order valence-electron chi connectivity index (χ1n) is 26.6. The summed E-state index contributed by atoms with van der Waals surface area (Å²) < 4.78 is 33.5. The summed E-state index contributed by atoms with van der Waals surface area (Å²) in [5.41, 5.74) is 5.38. The maximum absolute atomic E-state index is 12.7. The highest BCUT2D eigenvalue weighted by Crippen LogP contribution is 2.43. The Morgan fingerprint density at radius 2 is 0.866 bits per heavy atom. The molecular weight excluding hydrogens is 862 g/mol. The van der Waals surface area contributed by atoms with Gasteiger partial charge in [0.25, 0.3) is 0 Å². The van der Waals surface area contributed by atoms with E-state index in [1.54, 1.807) is 0 Å². The maximum atomic E-state index is 12.7. The van der Waals surface area contributed by atoms with E-state index >= 15 is 0 Å². The number of carbonyl (C=O) groups excluding carboxylic acids is 1. The first kappa shape index (κ1) is 64.2. The summed E-state index contributed by atoms with van der Waals surface area (Å²) in [6.45, 7) is 3.73. The lowest BCUT2D eigenvalue weighted by molar-refractivity contribution is -0.154. The molecule has 3 atom stereocenters. The number of carboxylic acid groups (broad SMARTS) is 1. The van der Waals surface area contributed by atoms with Crippen LogP contribution in [0.5, 0.6) is 0 Å². The summed E-state index contributed by atoms with van der Waals surface area (Å²) in [5.74, 6) is -1.83. The number of phosphoric acid groups is 1. The molecule has 67 heavy (non-hydrogen) atoms. The van der Waals surface area contributed by atoms with Gasteiger partial charge >= 0.3 is 19.8 Å². The Bertz CT molecular complexity index is 1390. The van der Waals surface area contributed by atoms with Crippen molar-refractivity contribution in [3.05, 3.63) is 85.1 Å². The van der Waals surface area contributed by atoms with Crippen LogP contribution < -0.4 is 5.73 Å². The number of phosphoric ester groups is 1. The summed E-state index contributed by atoms with van der Waals surface area (Å²) in [4.78, 5) is 33.7. The molecule has 0 aliphatic carbocycles. The van der Waals surface area contributed by atoms with Gasteiger partial charge in [0.05, 0.1) is 19.8 Å². The van der Waals surface area contributed by atoms with Crippen LogP contribution in [0, 0.1) is 0 Å². The number of aliphatic carboxylic acids is 1. The number of ether oxygens (including phenoxy) is 2. The zero-order valence-corrected chi connectivity index (χ0v) is 43.4. The Morgan fingerprint density at radius 3 is 1.31 bits per heavy atom. The molecule has 11 heteroatoms. The van der Waals surface area contributed by atoms with Crippen LogP contribution in [0.3, 0.4) is 0 Å². The summed E-state index contributed by atoms with van der Waals surface area (Å²) in [6.07, 6.45) is 66.5. The molecule has 4 N–H and O–H groups in total. The third-order valence-electron chi connectivity index (χ3n) is 11.2. The highest BCUT2D eigenvalue weighted by atomic mass is 31.2. The van der Waals surface area contributed by atoms with Gasteiger partial charge in [-0.25, -0.2) is 4.57 Å². The number of nitrogens with two attached hydrogens (primary N) is 1. The fourth-order valence-corrected chi connectivity index (χ4v) is 7.85. The number of allylic oxidation sites excluding steroid dienone is 14. The van der Waals surface area contributed by atoms with Gasteiger partial charge in [0, 0.05) is 13.0 Å². The SMILES string of the molecule is CC/C=C\C/C=C\C/C=C\C/C=C\C/C=C\C/C=C\CCCCC(=O)OC(COCCCCCCCCCCCCCC/C=C\CCCCCCCCCC)COP(=O)(O)OCC(N)C(=O)O. The molecular formula is C56H98NO9P. The van der Waals surface area contributed by atoms with E-state index in [2.05, 4.69) is 98.9 Å². The van der Waals surface area contributed by atoms with Crippen LogP contribution in [0.15, 0.2) is 85.1 Å². The molecule has 0 saturated heterocycles. The Morgan fingerprint density at radius 1 is 0.493 bits per heavy atom. The van der Waals surface area contributed by atoms with Gasteiger partial charge in [0.2, 0.25) is 0 Å². The highest BCUT2D eigenvalue weighted by Gasteiger charge is 2.27. The minimum atomic E-state index is -4.64. The molecule has 0 aliphatic rings. The van der Waals surface area contributed by atoms with Crippen molar-refractivity contribution in [3.63, 3.8) is 0 Å². The molecule has 0 spiro atoms. The zero-order valence-electron chi connectivity index (χ0n) is 42.5. The molecule has 3 unspecified atom stereocenters. The third-order valence-corrected chi connectivity index (χ3v) is 12.1. The van der Waals surface area contributed by atoms with E-state index in [-0.39, 0.29) is 13.0 Å². The van der Waals surface area contributed by atoms with Crippen LogP contribution in [-0.2, 0) is 32.7 Å². The number of unbranched alkanes of at least 4 members (excludes halogenated alkanes) is 22. The summed E-state index contributed by atoms with van der Waals surface area (Å²) in [6, 6.07) is -1.49. The number of hydrogen-bond donors (Lipinski definition) is 3. The second-order valence-corrected chi connectivity index (χ2v) is 19.1. The Hall–Kier alpha value is -2.85. The summed E-state index contributed by atoms with van der Waals surface area (Å²) >= 11 is 0. The Balaban J connectivity index is 4.20. The number of rotatable bonds is 50. The van der Waals surface area contributed by atoms with Gasteiger partial charge in [-0.15, -0.1) is 0 Å². The van der Waals surface area contributed by atoms with Crippen molar-refractivity contribution in [2.24, 2.45) is 5.73 Å². The predicted octanol–water partition coefficient (Wildman–Crippen LogP) is 15.9. The number of carboxylic acids is 1. The number of hydrogen-bond acceptors (Lipinski definition) is 8. The molecule has 0 saturated carbocycles. The number of carbonyl (C=O) groups is 2. The predicted molar refractivity (Wildman–Crippen MR) is 281 cm³/mol. The molecule has 0 aromatic carbocycles. The molecule has 0 bridgehead atoms. The van der Waals surface area contributed by atoms with Crippen LogP contribution >= 0.6 is 7.82 Å². The third kappa shape index (κ3) is 50.8. The normalized spacial score (nSPS) is 14.3. The van der Waals surface area contributed by atoms with Gasteiger partial charge in [-0.3, -0.25) is 18.6 Å². The molecule has 386 valence electrons. The van der Waals surface area contributed by atoms with Crippen molar-refractivity contribution < 1.29 is 42.7 Å². The van der Waals surface area contributed by atoms with E-state index in [4.69, 9.17) is 29.4 Å². The van der Waals surface area contributed by atoms with E-state index in [1.807, 2.05) is 0 Å². The van der Waals surface area contributed by atoms with E-state index < -0.39 is 45.1 Å². The average molecular weight is 960 g/mol. The zero-order chi connectivity index (χ0) is 49.0. The monoisotopic (exact) mass is 960 g/mol. The lowest BCUT2D eigenvalue weighted by Gasteiger charge is -2.20. The van der Waals surface area contributed by atoms with Crippen molar-refractivity contribution in [2.45, 2.75) is 231 Å². The summed E-state index contributed by atoms with van der Waals surface area (Å²) in [5, 5.41) is 8.94. The van der Waals surface area contributed by atoms with Gasteiger partial charge < -0.3 is 25.2 Å². The van der Waals surface area contributed by atoms with Gasteiger partial charge in [0.1, 0.15) is 12.1 Å². The van der Waals surface area contributed by atoms with Crippen molar-refractivity contribution >= 4 is 19.8 Å². The second kappa shape index (κ2) is 51.0. The van der Waals surface area contributed by atoms with E-state index in [1.165, 1.54) is 122 Å². The lowest BCUT2D eigenvalue weighted by Crippen LogP contribution is -2.34. The quantitative estimate of drug-likeness (QED) is 0.0232. The molecule has 0 rings (SSSR count). The van der Waals surface area contributed by atoms with Gasteiger partial charge in [-0.2, -0.15) is 0 Å². The van der Waals surface area contributed by atoms with Crippen molar-refractivity contribution in [2.75, 3.05) is 26.4 Å². The van der Waals surface area contributed by atoms with Crippen LogP contribution in [0.2, 0.25) is 0 Å². The molecule has 0 radical (unpaired) electrons. The standard InChI is InChI=1S/C56H98NO9P/c1-3-5-7-9-11-13-15-17-19-21-23-25-26-27-29-31-33-35-37-39-41-43-45-47-49-63-50-53(51-64-67(61,62)65-52-54(57)56(59)60)66-55(58)48-46-44-42-40-38-36-34-32-30-28-24-22-20-18-16-14-12-10-8-6-4-2/h6,8,12,14,18,20-21,23-24,28,32,34,38,40,53-54H,3-5,7,9-11,13,15-17,19,22,25-27,29-31,33,35-37,39,41-52,57H2,1-2H3,(H,59,60)(H,61,62)/b8-6-,14-12-,20-18-,23-21-,28-24-,34-32-,40-38-. The lowest BCUT2D eigenvalue weighted by atomic mass is 10.0. The summed E-state index contributed by atoms with van der Waals surface area (Å²) in [7, 11) is -4.64. The molecule has 0 aromatic rings. The second-order valence-electron chi connectivity index (χ2n) is 17.6. The Labute approximate surface area is 409 Å². The van der Waals surface area contributed by atoms with Crippen molar-refractivity contribution in [1.29, 1.82) is 0 Å². The van der Waals surface area contributed by atoms with E-state index in [0.29, 0.717) is 13.0 Å². The van der Waals surface area contributed by atoms with Gasteiger partial charge in [-0.05, 0) is 89.9 Å². The van der Waals surface area contributed by atoms with Crippen LogP contribution in [0.25, 0.3) is 0 Å². The fourth-order valence-electron chi connectivity index (χ4n) is 7.07. The Kier molecular flexibility index (Phi) is 48.8. The fraction of sp³-hybridized carbons (Fsp3) is 0.714. The van der Waals surface area contributed by atoms with Gasteiger partial charge in [0.15, 0.2) is 0 Å². The minimum Gasteiger partial charge on any atom is -0.480 e.